The van der Waals surface area contributed by atoms with Crippen molar-refractivity contribution >= 4 is 28.6 Å². The van der Waals surface area contributed by atoms with E-state index in [0.717, 1.165) is 28.4 Å². The molecule has 28 heavy (non-hydrogen) atoms. The van der Waals surface area contributed by atoms with E-state index in [4.69, 9.17) is 5.41 Å². The quantitative estimate of drug-likeness (QED) is 0.689. The maximum atomic E-state index is 13.3. The van der Waals surface area contributed by atoms with Gasteiger partial charge in [-0.1, -0.05) is 42.5 Å². The predicted molar refractivity (Wildman–Crippen MR) is 116 cm³/mol. The Morgan fingerprint density at radius 1 is 1.04 bits per heavy atom. The Kier molecular flexibility index (Phi) is 4.86. The number of piperazine rings is 1. The third-order valence-corrected chi connectivity index (χ3v) is 5.59. The smallest absolute Gasteiger partial charge is 0.254 e. The van der Waals surface area contributed by atoms with Gasteiger partial charge in [-0.15, -0.1) is 0 Å². The van der Waals surface area contributed by atoms with Crippen LogP contribution in [0.3, 0.4) is 0 Å². The van der Waals surface area contributed by atoms with E-state index in [-0.39, 0.29) is 11.9 Å². The Morgan fingerprint density at radius 3 is 2.54 bits per heavy atom. The van der Waals surface area contributed by atoms with Crippen molar-refractivity contribution in [2.45, 2.75) is 19.9 Å². The average Bonchev–Trinajstić information content (AvgIpc) is 2.72. The summed E-state index contributed by atoms with van der Waals surface area (Å²) in [6, 6.07) is 20.4. The Balaban J connectivity index is 1.59. The van der Waals surface area contributed by atoms with E-state index < -0.39 is 0 Å². The third-order valence-electron chi connectivity index (χ3n) is 5.59. The van der Waals surface area contributed by atoms with Crippen LogP contribution >= 0.6 is 0 Å². The van der Waals surface area contributed by atoms with Crippen molar-refractivity contribution < 1.29 is 4.79 Å². The largest absolute Gasteiger partial charge is 0.365 e. The van der Waals surface area contributed by atoms with Gasteiger partial charge < -0.3 is 15.2 Å². The fraction of sp³-hybridized carbons (Fsp3) is 0.250. The van der Waals surface area contributed by atoms with Crippen LogP contribution in [-0.4, -0.2) is 42.7 Å². The molecule has 4 nitrogen and oxygen atoms in total. The van der Waals surface area contributed by atoms with Gasteiger partial charge in [0.2, 0.25) is 0 Å². The lowest BCUT2D eigenvalue weighted by atomic mass is 9.98. The Bertz CT molecular complexity index is 1040. The number of carbonyl (C=O) groups is 1. The molecule has 1 N–H and O–H groups in total. The number of carbonyl (C=O) groups excluding carboxylic acids is 1. The van der Waals surface area contributed by atoms with Gasteiger partial charge >= 0.3 is 0 Å². The number of amides is 1. The van der Waals surface area contributed by atoms with E-state index in [1.807, 2.05) is 41.3 Å². The van der Waals surface area contributed by atoms with Crippen LogP contribution in [0.25, 0.3) is 10.8 Å². The molecule has 4 rings (SSSR count). The molecule has 1 unspecified atom stereocenters. The number of hydrogen-bond acceptors (Lipinski definition) is 3. The summed E-state index contributed by atoms with van der Waals surface area (Å²) in [6.07, 6.45) is 1.35. The monoisotopic (exact) mass is 371 g/mol. The molecule has 1 amide bonds. The minimum absolute atomic E-state index is 0.0727. The zero-order chi connectivity index (χ0) is 19.7. The van der Waals surface area contributed by atoms with Crippen LogP contribution in [0.4, 0.5) is 5.69 Å². The number of nitrogens with one attached hydrogen (secondary N) is 1. The Hall–Kier alpha value is -3.14. The van der Waals surface area contributed by atoms with Gasteiger partial charge in [-0.2, -0.15) is 0 Å². The first kappa shape index (κ1) is 18.2. The molecule has 3 aromatic rings. The van der Waals surface area contributed by atoms with Crippen molar-refractivity contribution in [2.75, 3.05) is 24.5 Å². The number of nitrogens with zero attached hydrogens (tertiary/aromatic N) is 2. The summed E-state index contributed by atoms with van der Waals surface area (Å²) >= 11 is 0. The number of aryl methyl sites for hydroxylation is 1. The van der Waals surface area contributed by atoms with Crippen LogP contribution in [0.2, 0.25) is 0 Å². The van der Waals surface area contributed by atoms with Gasteiger partial charge in [0.15, 0.2) is 0 Å². The van der Waals surface area contributed by atoms with Crippen molar-refractivity contribution in [2.24, 2.45) is 0 Å². The van der Waals surface area contributed by atoms with E-state index in [2.05, 4.69) is 43.0 Å². The second-order valence-corrected chi connectivity index (χ2v) is 7.52. The first-order valence-corrected chi connectivity index (χ1v) is 9.73. The van der Waals surface area contributed by atoms with Crippen molar-refractivity contribution in [1.29, 1.82) is 5.41 Å². The SMILES string of the molecule is Cc1cccc(N2CCN(C(=O)c3ccc(C=N)c4ccccc34)CC2C)c1. The first-order valence-electron chi connectivity index (χ1n) is 9.73. The average molecular weight is 371 g/mol. The molecule has 0 radical (unpaired) electrons. The van der Waals surface area contributed by atoms with Crippen LogP contribution in [0.5, 0.6) is 0 Å². The molecule has 0 aliphatic carbocycles. The topological polar surface area (TPSA) is 47.4 Å². The van der Waals surface area contributed by atoms with Gasteiger partial charge in [0.25, 0.3) is 5.91 Å². The molecular weight excluding hydrogens is 346 g/mol. The van der Waals surface area contributed by atoms with Crippen molar-refractivity contribution in [3.63, 3.8) is 0 Å². The molecular formula is C24H25N3O. The van der Waals surface area contributed by atoms with Crippen LogP contribution in [0, 0.1) is 12.3 Å². The lowest BCUT2D eigenvalue weighted by molar-refractivity contribution is 0.0728. The van der Waals surface area contributed by atoms with E-state index in [1.54, 1.807) is 0 Å². The number of fused-ring (bicyclic) bond motifs is 1. The summed E-state index contributed by atoms with van der Waals surface area (Å²) in [5.41, 5.74) is 4.03. The summed E-state index contributed by atoms with van der Waals surface area (Å²) in [5.74, 6) is 0.0727. The highest BCUT2D eigenvalue weighted by atomic mass is 16.2. The second-order valence-electron chi connectivity index (χ2n) is 7.52. The summed E-state index contributed by atoms with van der Waals surface area (Å²) in [7, 11) is 0. The first-order chi connectivity index (χ1) is 13.6. The minimum atomic E-state index is 0.0727. The van der Waals surface area contributed by atoms with Gasteiger partial charge in [0.1, 0.15) is 0 Å². The van der Waals surface area contributed by atoms with E-state index in [0.29, 0.717) is 13.1 Å². The molecule has 142 valence electrons. The number of benzene rings is 3. The standard InChI is InChI=1S/C24H25N3O/c1-17-6-5-7-20(14-17)27-13-12-26(16-18(27)2)24(28)23-11-10-19(15-25)21-8-3-4-9-22(21)23/h3-11,14-15,18,25H,12-13,16H2,1-2H3. The van der Waals surface area contributed by atoms with Crippen molar-refractivity contribution in [1.82, 2.24) is 4.90 Å². The molecule has 4 heteroatoms. The highest BCUT2D eigenvalue weighted by Crippen LogP contribution is 2.26. The molecule has 0 bridgehead atoms. The number of anilines is 1. The molecule has 0 spiro atoms. The number of hydrogen-bond donors (Lipinski definition) is 1. The second kappa shape index (κ2) is 7.47. The van der Waals surface area contributed by atoms with Crippen molar-refractivity contribution in [3.05, 3.63) is 77.4 Å². The van der Waals surface area contributed by atoms with Crippen LogP contribution in [0.15, 0.2) is 60.7 Å². The zero-order valence-corrected chi connectivity index (χ0v) is 16.4. The maximum absolute atomic E-state index is 13.3. The fourth-order valence-corrected chi connectivity index (χ4v) is 4.14. The van der Waals surface area contributed by atoms with Gasteiger partial charge in [-0.3, -0.25) is 4.79 Å². The van der Waals surface area contributed by atoms with Gasteiger partial charge in [-0.25, -0.2) is 0 Å². The van der Waals surface area contributed by atoms with Crippen molar-refractivity contribution in [3.8, 4) is 0 Å². The highest BCUT2D eigenvalue weighted by molar-refractivity contribution is 6.11. The lowest BCUT2D eigenvalue weighted by Gasteiger charge is -2.41. The van der Waals surface area contributed by atoms with Gasteiger partial charge in [0.05, 0.1) is 0 Å². The van der Waals surface area contributed by atoms with Crippen LogP contribution < -0.4 is 4.90 Å². The molecule has 0 saturated carbocycles. The normalized spacial score (nSPS) is 17.0. The number of rotatable bonds is 3. The van der Waals surface area contributed by atoms with E-state index in [9.17, 15) is 4.79 Å². The summed E-state index contributed by atoms with van der Waals surface area (Å²) in [4.78, 5) is 17.6. The van der Waals surface area contributed by atoms with Crippen LogP contribution in [0.1, 0.15) is 28.4 Å². The minimum Gasteiger partial charge on any atom is -0.365 e. The van der Waals surface area contributed by atoms with Gasteiger partial charge in [-0.05, 0) is 53.9 Å². The molecule has 1 saturated heterocycles. The highest BCUT2D eigenvalue weighted by Gasteiger charge is 2.28. The maximum Gasteiger partial charge on any atom is 0.254 e. The molecule has 1 aliphatic rings. The van der Waals surface area contributed by atoms with E-state index in [1.165, 1.54) is 17.5 Å². The summed E-state index contributed by atoms with van der Waals surface area (Å²) in [6.45, 7) is 6.52. The molecule has 1 fully saturated rings. The third kappa shape index (κ3) is 3.26. The lowest BCUT2D eigenvalue weighted by Crippen LogP contribution is -2.53. The molecule has 1 heterocycles. The molecule has 1 atom stereocenters. The van der Waals surface area contributed by atoms with E-state index >= 15 is 0 Å². The fourth-order valence-electron chi connectivity index (χ4n) is 4.14. The summed E-state index contributed by atoms with van der Waals surface area (Å²) < 4.78 is 0. The molecule has 3 aromatic carbocycles. The van der Waals surface area contributed by atoms with Gasteiger partial charge in [0, 0.05) is 43.1 Å². The predicted octanol–water partition coefficient (Wildman–Crippen LogP) is 4.50. The zero-order valence-electron chi connectivity index (χ0n) is 16.4. The molecule has 1 aliphatic heterocycles. The Morgan fingerprint density at radius 2 is 1.82 bits per heavy atom. The van der Waals surface area contributed by atoms with Crippen LogP contribution in [-0.2, 0) is 0 Å². The molecule has 0 aromatic heterocycles. The Labute approximate surface area is 165 Å². The summed E-state index contributed by atoms with van der Waals surface area (Å²) in [5, 5.41) is 9.49.